The van der Waals surface area contributed by atoms with Crippen molar-refractivity contribution >= 4 is 17.3 Å². The van der Waals surface area contributed by atoms with Gasteiger partial charge in [0, 0.05) is 17.5 Å². The van der Waals surface area contributed by atoms with Crippen LogP contribution >= 0.6 is 11.3 Å². The Morgan fingerprint density at radius 3 is 3.11 bits per heavy atom. The average molecular weight is 269 g/mol. The molecule has 1 unspecified atom stereocenters. The summed E-state index contributed by atoms with van der Waals surface area (Å²) in [5.41, 5.74) is 0. The Labute approximate surface area is 111 Å². The molecule has 2 rings (SSSR count). The van der Waals surface area contributed by atoms with Gasteiger partial charge in [-0.25, -0.2) is 4.79 Å². The molecule has 1 aromatic rings. The SMILES string of the molecule is CN1CCCCC1CCOc1csc(C(=O)O)c1. The van der Waals surface area contributed by atoms with Crippen molar-refractivity contribution in [2.24, 2.45) is 0 Å². The van der Waals surface area contributed by atoms with E-state index in [9.17, 15) is 4.79 Å². The number of hydrogen-bond acceptors (Lipinski definition) is 4. The third kappa shape index (κ3) is 3.46. The minimum Gasteiger partial charge on any atom is -0.493 e. The van der Waals surface area contributed by atoms with Crippen LogP contribution in [0.4, 0.5) is 0 Å². The molecule has 0 amide bonds. The maximum absolute atomic E-state index is 10.7. The number of rotatable bonds is 5. The van der Waals surface area contributed by atoms with Crippen molar-refractivity contribution in [3.63, 3.8) is 0 Å². The number of carbonyl (C=O) groups is 1. The number of likely N-dealkylation sites (tertiary alicyclic amines) is 1. The van der Waals surface area contributed by atoms with Gasteiger partial charge in [-0.05, 0) is 32.9 Å². The zero-order chi connectivity index (χ0) is 13.0. The molecule has 1 N–H and O–H groups in total. The highest BCUT2D eigenvalue weighted by Gasteiger charge is 2.18. The van der Waals surface area contributed by atoms with Crippen LogP contribution in [0.2, 0.25) is 0 Å². The van der Waals surface area contributed by atoms with Crippen LogP contribution in [-0.4, -0.2) is 42.2 Å². The molecule has 1 atom stereocenters. The second kappa shape index (κ2) is 6.20. The van der Waals surface area contributed by atoms with Crippen molar-refractivity contribution in [3.05, 3.63) is 16.3 Å². The number of ether oxygens (including phenoxy) is 1. The van der Waals surface area contributed by atoms with Crippen molar-refractivity contribution in [3.8, 4) is 5.75 Å². The van der Waals surface area contributed by atoms with E-state index in [1.165, 1.54) is 37.1 Å². The molecule has 0 spiro atoms. The summed E-state index contributed by atoms with van der Waals surface area (Å²) >= 11 is 1.21. The molecule has 1 aromatic heterocycles. The van der Waals surface area contributed by atoms with Gasteiger partial charge in [-0.15, -0.1) is 11.3 Å². The molecule has 1 aliphatic rings. The number of carboxylic acid groups (broad SMARTS) is 1. The molecule has 1 aliphatic heterocycles. The molecule has 2 heterocycles. The fraction of sp³-hybridized carbons (Fsp3) is 0.615. The summed E-state index contributed by atoms with van der Waals surface area (Å²) in [5, 5.41) is 10.6. The van der Waals surface area contributed by atoms with Gasteiger partial charge in [-0.2, -0.15) is 0 Å². The lowest BCUT2D eigenvalue weighted by Gasteiger charge is -2.32. The first kappa shape index (κ1) is 13.4. The maximum atomic E-state index is 10.7. The van der Waals surface area contributed by atoms with Gasteiger partial charge >= 0.3 is 5.97 Å². The standard InChI is InChI=1S/C13H19NO3S/c1-14-6-3-2-4-10(14)5-7-17-11-8-12(13(15)16)18-9-11/h8-10H,2-7H2,1H3,(H,15,16). The van der Waals surface area contributed by atoms with Crippen molar-refractivity contribution < 1.29 is 14.6 Å². The third-order valence-electron chi connectivity index (χ3n) is 3.43. The number of thiophene rings is 1. The van der Waals surface area contributed by atoms with Crippen LogP contribution in [-0.2, 0) is 0 Å². The molecule has 5 heteroatoms. The Hall–Kier alpha value is -1.07. The molecule has 0 saturated carbocycles. The normalized spacial score (nSPS) is 20.8. The molecule has 1 saturated heterocycles. The second-order valence-corrected chi connectivity index (χ2v) is 5.63. The fourth-order valence-corrected chi connectivity index (χ4v) is 2.99. The van der Waals surface area contributed by atoms with E-state index in [0.29, 0.717) is 23.3 Å². The third-order valence-corrected chi connectivity index (χ3v) is 4.32. The number of nitrogens with zero attached hydrogens (tertiary/aromatic N) is 1. The lowest BCUT2D eigenvalue weighted by atomic mass is 10.0. The van der Waals surface area contributed by atoms with Crippen LogP contribution in [0.1, 0.15) is 35.4 Å². The van der Waals surface area contributed by atoms with Gasteiger partial charge in [0.15, 0.2) is 0 Å². The molecule has 0 radical (unpaired) electrons. The lowest BCUT2D eigenvalue weighted by molar-refractivity contribution is 0.0701. The van der Waals surface area contributed by atoms with E-state index >= 15 is 0 Å². The summed E-state index contributed by atoms with van der Waals surface area (Å²) in [7, 11) is 2.16. The van der Waals surface area contributed by atoms with E-state index in [0.717, 1.165) is 6.42 Å². The van der Waals surface area contributed by atoms with Crippen LogP contribution in [0.3, 0.4) is 0 Å². The van der Waals surface area contributed by atoms with Crippen molar-refractivity contribution in [1.29, 1.82) is 0 Å². The summed E-state index contributed by atoms with van der Waals surface area (Å²) in [5.74, 6) is -0.210. The molecule has 0 aromatic carbocycles. The van der Waals surface area contributed by atoms with Gasteiger partial charge in [0.05, 0.1) is 6.61 Å². The van der Waals surface area contributed by atoms with Gasteiger partial charge in [-0.3, -0.25) is 0 Å². The highest BCUT2D eigenvalue weighted by atomic mass is 32.1. The van der Waals surface area contributed by atoms with Gasteiger partial charge in [0.2, 0.25) is 0 Å². The van der Waals surface area contributed by atoms with Gasteiger partial charge in [0.25, 0.3) is 0 Å². The quantitative estimate of drug-likeness (QED) is 0.893. The number of aromatic carboxylic acids is 1. The predicted molar refractivity (Wildman–Crippen MR) is 71.7 cm³/mol. The van der Waals surface area contributed by atoms with Crippen LogP contribution in [0.15, 0.2) is 11.4 Å². The van der Waals surface area contributed by atoms with Crippen LogP contribution in [0.5, 0.6) is 5.75 Å². The molecule has 0 bridgehead atoms. The summed E-state index contributed by atoms with van der Waals surface area (Å²) in [6.45, 7) is 1.83. The highest BCUT2D eigenvalue weighted by molar-refractivity contribution is 7.12. The molecule has 1 fully saturated rings. The molecule has 4 nitrogen and oxygen atoms in total. The fourth-order valence-electron chi connectivity index (χ4n) is 2.33. The number of piperidine rings is 1. The average Bonchev–Trinajstić information content (AvgIpc) is 2.80. The van der Waals surface area contributed by atoms with E-state index in [1.54, 1.807) is 11.4 Å². The van der Waals surface area contributed by atoms with E-state index < -0.39 is 5.97 Å². The van der Waals surface area contributed by atoms with E-state index in [-0.39, 0.29) is 0 Å². The summed E-state index contributed by atoms with van der Waals surface area (Å²) < 4.78 is 5.61. The number of carboxylic acids is 1. The molecule has 18 heavy (non-hydrogen) atoms. The van der Waals surface area contributed by atoms with Gasteiger partial charge in [0.1, 0.15) is 10.6 Å². The van der Waals surface area contributed by atoms with Gasteiger partial charge in [-0.1, -0.05) is 6.42 Å². The molecule has 0 aliphatic carbocycles. The topological polar surface area (TPSA) is 49.8 Å². The predicted octanol–water partition coefficient (Wildman–Crippen LogP) is 2.70. The van der Waals surface area contributed by atoms with Crippen LogP contribution in [0, 0.1) is 0 Å². The Balaban J connectivity index is 1.75. The monoisotopic (exact) mass is 269 g/mol. The first-order valence-corrected chi connectivity index (χ1v) is 7.19. The Morgan fingerprint density at radius 1 is 1.61 bits per heavy atom. The highest BCUT2D eigenvalue weighted by Crippen LogP contribution is 2.23. The Kier molecular flexibility index (Phi) is 4.60. The van der Waals surface area contributed by atoms with Crippen LogP contribution < -0.4 is 4.74 Å². The minimum absolute atomic E-state index is 0.333. The van der Waals surface area contributed by atoms with E-state index in [1.807, 2.05) is 0 Å². The van der Waals surface area contributed by atoms with Crippen molar-refractivity contribution in [2.75, 3.05) is 20.2 Å². The van der Waals surface area contributed by atoms with E-state index in [2.05, 4.69) is 11.9 Å². The first-order valence-electron chi connectivity index (χ1n) is 6.31. The molecular formula is C13H19NO3S. The number of hydrogen-bond donors (Lipinski definition) is 1. The Bertz CT molecular complexity index is 405. The van der Waals surface area contributed by atoms with E-state index in [4.69, 9.17) is 9.84 Å². The summed E-state index contributed by atoms with van der Waals surface area (Å²) in [6, 6.07) is 2.20. The van der Waals surface area contributed by atoms with Crippen LogP contribution in [0.25, 0.3) is 0 Å². The smallest absolute Gasteiger partial charge is 0.346 e. The zero-order valence-electron chi connectivity index (χ0n) is 10.6. The van der Waals surface area contributed by atoms with Gasteiger partial charge < -0.3 is 14.7 Å². The summed E-state index contributed by atoms with van der Waals surface area (Å²) in [4.78, 5) is 13.5. The van der Waals surface area contributed by atoms with Crippen molar-refractivity contribution in [2.45, 2.75) is 31.7 Å². The maximum Gasteiger partial charge on any atom is 0.346 e. The first-order chi connectivity index (χ1) is 8.66. The second-order valence-electron chi connectivity index (χ2n) is 4.72. The molecule has 100 valence electrons. The minimum atomic E-state index is -0.887. The molecular weight excluding hydrogens is 250 g/mol. The zero-order valence-corrected chi connectivity index (χ0v) is 11.4. The Morgan fingerprint density at radius 2 is 2.44 bits per heavy atom. The van der Waals surface area contributed by atoms with Crippen molar-refractivity contribution in [1.82, 2.24) is 4.90 Å². The lowest BCUT2D eigenvalue weighted by Crippen LogP contribution is -2.37. The summed E-state index contributed by atoms with van der Waals surface area (Å²) in [6.07, 6.45) is 4.84. The largest absolute Gasteiger partial charge is 0.493 e.